The minimum absolute atomic E-state index is 0.0579. The van der Waals surface area contributed by atoms with E-state index in [-0.39, 0.29) is 35.1 Å². The molecule has 4 rings (SSSR count). The fourth-order valence-electron chi connectivity index (χ4n) is 6.55. The molecule has 0 radical (unpaired) electrons. The van der Waals surface area contributed by atoms with Gasteiger partial charge in [-0.25, -0.2) is 8.78 Å². The van der Waals surface area contributed by atoms with Gasteiger partial charge in [-0.15, -0.1) is 0 Å². The Kier molecular flexibility index (Phi) is 7.10. The highest BCUT2D eigenvalue weighted by atomic mass is 19.3. The number of amides is 1. The Morgan fingerprint density at radius 1 is 1.21 bits per heavy atom. The van der Waals surface area contributed by atoms with Crippen LogP contribution in [0.3, 0.4) is 0 Å². The number of nitrogens with zero attached hydrogens (tertiary/aromatic N) is 1. The summed E-state index contributed by atoms with van der Waals surface area (Å²) in [6.45, 7) is 0.151. The van der Waals surface area contributed by atoms with E-state index in [1.807, 2.05) is 0 Å². The van der Waals surface area contributed by atoms with Gasteiger partial charge in [0, 0.05) is 11.1 Å². The minimum atomic E-state index is -2.65. The monoisotopic (exact) mass is 535 g/mol. The van der Waals surface area contributed by atoms with Gasteiger partial charge in [-0.3, -0.25) is 19.3 Å². The Morgan fingerprint density at radius 3 is 2.45 bits per heavy atom. The predicted molar refractivity (Wildman–Crippen MR) is 131 cm³/mol. The van der Waals surface area contributed by atoms with E-state index in [1.165, 1.54) is 13.0 Å². The van der Waals surface area contributed by atoms with E-state index in [4.69, 9.17) is 5.73 Å². The molecule has 7 N–H and O–H groups in total. The molecule has 0 saturated heterocycles. The topological polar surface area (TPSA) is 173 Å². The summed E-state index contributed by atoms with van der Waals surface area (Å²) in [5, 5.41) is 46.8. The van der Waals surface area contributed by atoms with Crippen LogP contribution >= 0.6 is 0 Å². The zero-order valence-electron chi connectivity index (χ0n) is 21.2. The lowest BCUT2D eigenvalue weighted by molar-refractivity contribution is -0.120. The summed E-state index contributed by atoms with van der Waals surface area (Å²) < 4.78 is 25.0. The number of aliphatic hydroxyl groups excluding tert-OH is 2. The molecular weight excluding hydrogens is 504 g/mol. The number of phenols is 1. The SMILES string of the molecule is CN(C)[C@@H]1C(O)=C(C(N)=O)C(C)(O)C2C(O)=C3C(=O)c4c(O)ccc(C(=O)CNCC(F)F)c4CC3CC21. The number of aliphatic hydroxyl groups is 3. The van der Waals surface area contributed by atoms with Crippen LogP contribution in [0.4, 0.5) is 8.78 Å². The van der Waals surface area contributed by atoms with Gasteiger partial charge in [0.1, 0.15) is 22.9 Å². The van der Waals surface area contributed by atoms with Crippen LogP contribution in [0.2, 0.25) is 0 Å². The second-order valence-electron chi connectivity index (χ2n) is 10.5. The molecule has 3 aliphatic carbocycles. The first-order valence-corrected chi connectivity index (χ1v) is 12.2. The molecule has 0 spiro atoms. The van der Waals surface area contributed by atoms with E-state index >= 15 is 0 Å². The average molecular weight is 536 g/mol. The molecule has 38 heavy (non-hydrogen) atoms. The number of fused-ring (bicyclic) bond motifs is 3. The third-order valence-corrected chi connectivity index (χ3v) is 7.92. The van der Waals surface area contributed by atoms with Crippen LogP contribution in [-0.4, -0.2) is 88.1 Å². The van der Waals surface area contributed by atoms with Gasteiger partial charge in [0.25, 0.3) is 12.3 Å². The van der Waals surface area contributed by atoms with Crippen LogP contribution in [0.5, 0.6) is 5.75 Å². The molecule has 0 saturated carbocycles. The van der Waals surface area contributed by atoms with Gasteiger partial charge in [0.2, 0.25) is 0 Å². The molecule has 0 aliphatic heterocycles. The molecule has 0 bridgehead atoms. The van der Waals surface area contributed by atoms with Crippen molar-refractivity contribution < 1.29 is 43.6 Å². The number of alkyl halides is 2. The molecule has 10 nitrogen and oxygen atoms in total. The van der Waals surface area contributed by atoms with Crippen molar-refractivity contribution in [3.63, 3.8) is 0 Å². The van der Waals surface area contributed by atoms with E-state index in [1.54, 1.807) is 19.0 Å². The summed E-state index contributed by atoms with van der Waals surface area (Å²) >= 11 is 0. The molecular formula is C26H31F2N3O7. The molecule has 0 aromatic heterocycles. The van der Waals surface area contributed by atoms with Crippen LogP contribution in [0.1, 0.15) is 39.6 Å². The summed E-state index contributed by atoms with van der Waals surface area (Å²) in [5.41, 5.74) is 3.01. The molecule has 3 aliphatic rings. The van der Waals surface area contributed by atoms with Crippen molar-refractivity contribution in [3.8, 4) is 5.75 Å². The number of nitrogens with one attached hydrogen (secondary N) is 1. The summed E-state index contributed by atoms with van der Waals surface area (Å²) in [6, 6.07) is 1.66. The highest BCUT2D eigenvalue weighted by Gasteiger charge is 2.59. The third kappa shape index (κ3) is 4.26. The maximum absolute atomic E-state index is 13.7. The number of ketones is 2. The van der Waals surface area contributed by atoms with E-state index in [9.17, 15) is 43.6 Å². The lowest BCUT2D eigenvalue weighted by atomic mass is 9.57. The minimum Gasteiger partial charge on any atom is -0.511 e. The van der Waals surface area contributed by atoms with Crippen molar-refractivity contribution in [2.45, 2.75) is 37.8 Å². The fourth-order valence-corrected chi connectivity index (χ4v) is 6.55. The molecule has 5 atom stereocenters. The number of carbonyl (C=O) groups is 3. The van der Waals surface area contributed by atoms with E-state index < -0.39 is 89.2 Å². The zero-order chi connectivity index (χ0) is 28.3. The number of likely N-dealkylation sites (N-methyl/N-ethyl adjacent to an activating group) is 1. The van der Waals surface area contributed by atoms with Gasteiger partial charge in [0.05, 0.1) is 36.2 Å². The third-order valence-electron chi connectivity index (χ3n) is 7.92. The molecule has 1 aromatic carbocycles. The second-order valence-corrected chi connectivity index (χ2v) is 10.5. The summed E-state index contributed by atoms with van der Waals surface area (Å²) in [4.78, 5) is 40.4. The second kappa shape index (κ2) is 9.75. The van der Waals surface area contributed by atoms with Crippen molar-refractivity contribution in [1.82, 2.24) is 10.2 Å². The molecule has 12 heteroatoms. The average Bonchev–Trinajstić information content (AvgIpc) is 2.77. The van der Waals surface area contributed by atoms with Crippen molar-refractivity contribution in [2.75, 3.05) is 27.2 Å². The van der Waals surface area contributed by atoms with Crippen LogP contribution in [0.25, 0.3) is 0 Å². The zero-order valence-corrected chi connectivity index (χ0v) is 21.2. The van der Waals surface area contributed by atoms with E-state index in [2.05, 4.69) is 5.32 Å². The Balaban J connectivity index is 1.83. The number of benzene rings is 1. The maximum atomic E-state index is 13.7. The molecule has 206 valence electrons. The van der Waals surface area contributed by atoms with Gasteiger partial charge < -0.3 is 31.5 Å². The number of carbonyl (C=O) groups excluding carboxylic acids is 3. The van der Waals surface area contributed by atoms with E-state index in [0.29, 0.717) is 0 Å². The standard InChI is InChI=1S/C26H31F2N3O7/c1-26(38)19-13(21(31(2)3)24(36)20(26)25(29)37)7-10-6-12-11(15(33)8-30-9-16(27)28)4-5-14(32)18(12)22(34)17(10)23(19)35/h4-5,10,13,16,19,21,30,32,35-36,38H,6-9H2,1-3H3,(H2,29,37)/t10?,13?,19?,21-,26?/m0/s1. The predicted octanol–water partition coefficient (Wildman–Crippen LogP) is 1.23. The maximum Gasteiger partial charge on any atom is 0.251 e. The summed E-state index contributed by atoms with van der Waals surface area (Å²) in [7, 11) is 3.30. The Hall–Kier alpha value is -3.35. The normalized spacial score (nSPS) is 28.9. The van der Waals surface area contributed by atoms with Crippen LogP contribution < -0.4 is 11.1 Å². The largest absolute Gasteiger partial charge is 0.511 e. The number of hydrogen-bond acceptors (Lipinski definition) is 9. The molecule has 1 aromatic rings. The number of phenolic OH excluding ortho intramolecular Hbond substituents is 1. The first kappa shape index (κ1) is 27.7. The number of Topliss-reactive ketones (excluding diaryl/α,β-unsaturated/α-hetero) is 2. The Morgan fingerprint density at radius 2 is 1.87 bits per heavy atom. The van der Waals surface area contributed by atoms with Crippen molar-refractivity contribution in [3.05, 3.63) is 51.5 Å². The first-order valence-electron chi connectivity index (χ1n) is 12.2. The smallest absolute Gasteiger partial charge is 0.251 e. The van der Waals surface area contributed by atoms with Gasteiger partial charge in [-0.1, -0.05) is 0 Å². The molecule has 1 amide bonds. The van der Waals surface area contributed by atoms with Crippen molar-refractivity contribution >= 4 is 17.5 Å². The van der Waals surface area contributed by atoms with Gasteiger partial charge in [-0.2, -0.15) is 0 Å². The van der Waals surface area contributed by atoms with E-state index in [0.717, 1.165) is 6.07 Å². The van der Waals surface area contributed by atoms with Crippen molar-refractivity contribution in [2.24, 2.45) is 23.5 Å². The number of nitrogens with two attached hydrogens (primary N) is 1. The highest BCUT2D eigenvalue weighted by Crippen LogP contribution is 2.54. The number of allylic oxidation sites excluding steroid dienone is 1. The lowest BCUT2D eigenvalue weighted by Gasteiger charge is -2.52. The van der Waals surface area contributed by atoms with Crippen LogP contribution in [0, 0.1) is 17.8 Å². The molecule has 0 heterocycles. The van der Waals surface area contributed by atoms with Crippen LogP contribution in [-0.2, 0) is 11.2 Å². The lowest BCUT2D eigenvalue weighted by Crippen LogP contribution is -2.59. The Labute approximate surface area is 217 Å². The Bertz CT molecular complexity index is 1270. The van der Waals surface area contributed by atoms with Gasteiger partial charge in [-0.05, 0) is 63.4 Å². The number of halogens is 2. The number of aromatic hydroxyl groups is 1. The van der Waals surface area contributed by atoms with Gasteiger partial charge >= 0.3 is 0 Å². The summed E-state index contributed by atoms with van der Waals surface area (Å²) in [6.07, 6.45) is -2.41. The summed E-state index contributed by atoms with van der Waals surface area (Å²) in [5.74, 6) is -6.15. The molecule has 0 fully saturated rings. The number of rotatable bonds is 7. The first-order chi connectivity index (χ1) is 17.7. The van der Waals surface area contributed by atoms with Gasteiger partial charge in [0.15, 0.2) is 11.6 Å². The van der Waals surface area contributed by atoms with Crippen molar-refractivity contribution in [1.29, 1.82) is 0 Å². The molecule has 4 unspecified atom stereocenters. The fraction of sp³-hybridized carbons (Fsp3) is 0.500. The van der Waals surface area contributed by atoms with Crippen LogP contribution in [0.15, 0.2) is 34.8 Å². The quantitative estimate of drug-likeness (QED) is 0.281. The highest BCUT2D eigenvalue weighted by molar-refractivity contribution is 6.15. The number of primary amides is 1. The number of hydrogen-bond donors (Lipinski definition) is 6.